The number of rotatable bonds is 7. The van der Waals surface area contributed by atoms with Crippen molar-refractivity contribution in [2.45, 2.75) is 31.8 Å². The lowest BCUT2D eigenvalue weighted by molar-refractivity contribution is 0.0322. The van der Waals surface area contributed by atoms with Crippen molar-refractivity contribution >= 4 is 0 Å². The molecule has 0 aliphatic carbocycles. The minimum absolute atomic E-state index is 0.386. The molecule has 1 aliphatic heterocycles. The maximum absolute atomic E-state index is 5.82. The first-order chi connectivity index (χ1) is 9.24. The van der Waals surface area contributed by atoms with Gasteiger partial charge in [-0.15, -0.1) is 0 Å². The van der Waals surface area contributed by atoms with Gasteiger partial charge in [-0.2, -0.15) is 4.98 Å². The van der Waals surface area contributed by atoms with Gasteiger partial charge in [-0.05, 0) is 40.0 Å². The van der Waals surface area contributed by atoms with Crippen molar-refractivity contribution in [2.24, 2.45) is 0 Å². The molecule has 0 aromatic carbocycles. The fourth-order valence-corrected chi connectivity index (χ4v) is 2.09. The zero-order valence-corrected chi connectivity index (χ0v) is 11.9. The molecular weight excluding hydrogens is 244 g/mol. The highest BCUT2D eigenvalue weighted by Crippen LogP contribution is 2.08. The smallest absolute Gasteiger partial charge is 0.228 e. The lowest BCUT2D eigenvalue weighted by Gasteiger charge is -2.22. The lowest BCUT2D eigenvalue weighted by atomic mass is 10.1. The first-order valence-corrected chi connectivity index (χ1v) is 7.02. The van der Waals surface area contributed by atoms with Gasteiger partial charge in [-0.1, -0.05) is 5.16 Å². The Balaban J connectivity index is 1.65. The zero-order chi connectivity index (χ0) is 13.5. The van der Waals surface area contributed by atoms with Crippen LogP contribution in [0, 0.1) is 0 Å². The molecular formula is C13H24N4O2. The highest BCUT2D eigenvalue weighted by molar-refractivity contribution is 4.87. The van der Waals surface area contributed by atoms with Gasteiger partial charge in [0, 0.05) is 13.0 Å². The number of nitrogens with one attached hydrogen (secondary N) is 1. The van der Waals surface area contributed by atoms with Crippen LogP contribution in [0.5, 0.6) is 0 Å². The molecule has 6 nitrogen and oxygen atoms in total. The fourth-order valence-electron chi connectivity index (χ4n) is 2.09. The molecule has 1 saturated heterocycles. The zero-order valence-electron chi connectivity index (χ0n) is 11.9. The van der Waals surface area contributed by atoms with Crippen molar-refractivity contribution in [3.05, 3.63) is 11.7 Å². The lowest BCUT2D eigenvalue weighted by Crippen LogP contribution is -2.32. The van der Waals surface area contributed by atoms with E-state index >= 15 is 0 Å². The van der Waals surface area contributed by atoms with E-state index in [9.17, 15) is 0 Å². The third-order valence-corrected chi connectivity index (χ3v) is 3.25. The summed E-state index contributed by atoms with van der Waals surface area (Å²) in [4.78, 5) is 6.48. The predicted octanol–water partition coefficient (Wildman–Crippen LogP) is 0.485. The van der Waals surface area contributed by atoms with Crippen molar-refractivity contribution in [3.63, 3.8) is 0 Å². The summed E-state index contributed by atoms with van der Waals surface area (Å²) in [7, 11) is 4.07. The van der Waals surface area contributed by atoms with Gasteiger partial charge in [0.25, 0.3) is 0 Å². The van der Waals surface area contributed by atoms with Gasteiger partial charge < -0.3 is 19.5 Å². The fraction of sp³-hybridized carbons (Fsp3) is 0.846. The summed E-state index contributed by atoms with van der Waals surface area (Å²) in [6, 6.07) is 0. The van der Waals surface area contributed by atoms with Crippen molar-refractivity contribution in [1.82, 2.24) is 20.4 Å². The Bertz CT molecular complexity index is 361. The van der Waals surface area contributed by atoms with Crippen LogP contribution >= 0.6 is 0 Å². The molecule has 1 fully saturated rings. The Labute approximate surface area is 114 Å². The molecule has 2 heterocycles. The first kappa shape index (κ1) is 14.4. The van der Waals surface area contributed by atoms with Gasteiger partial charge in [0.2, 0.25) is 5.89 Å². The van der Waals surface area contributed by atoms with Gasteiger partial charge in [0.1, 0.15) is 0 Å². The average molecular weight is 268 g/mol. The van der Waals surface area contributed by atoms with E-state index in [4.69, 9.17) is 9.26 Å². The second kappa shape index (κ2) is 7.57. The second-order valence-electron chi connectivity index (χ2n) is 5.23. The highest BCUT2D eigenvalue weighted by atomic mass is 16.5. The molecule has 0 atom stereocenters. The van der Waals surface area contributed by atoms with Gasteiger partial charge >= 0.3 is 0 Å². The standard InChI is InChI=1S/C13H24N4O2/c1-17(2)9-5-12-15-13(19-16-12)6-10-18-11-3-7-14-8-4-11/h11,14H,3-10H2,1-2H3. The van der Waals surface area contributed by atoms with Gasteiger partial charge in [0.05, 0.1) is 19.1 Å². The third-order valence-electron chi connectivity index (χ3n) is 3.25. The van der Waals surface area contributed by atoms with Gasteiger partial charge in [0.15, 0.2) is 5.82 Å². The summed E-state index contributed by atoms with van der Waals surface area (Å²) in [5.74, 6) is 1.47. The Morgan fingerprint density at radius 1 is 1.32 bits per heavy atom. The minimum Gasteiger partial charge on any atom is -0.378 e. The molecule has 108 valence electrons. The molecule has 0 radical (unpaired) electrons. The maximum Gasteiger partial charge on any atom is 0.228 e. The molecule has 0 amide bonds. The minimum atomic E-state index is 0.386. The van der Waals surface area contributed by atoms with Crippen LogP contribution in [0.15, 0.2) is 4.52 Å². The van der Waals surface area contributed by atoms with Crippen molar-refractivity contribution < 1.29 is 9.26 Å². The highest BCUT2D eigenvalue weighted by Gasteiger charge is 2.14. The summed E-state index contributed by atoms with van der Waals surface area (Å²) in [6.45, 7) is 3.71. The summed E-state index contributed by atoms with van der Waals surface area (Å²) in [5, 5.41) is 7.30. The molecule has 19 heavy (non-hydrogen) atoms. The number of piperidine rings is 1. The number of nitrogens with zero attached hydrogens (tertiary/aromatic N) is 3. The first-order valence-electron chi connectivity index (χ1n) is 7.02. The molecule has 1 N–H and O–H groups in total. The van der Waals surface area contributed by atoms with E-state index in [0.717, 1.165) is 44.7 Å². The quantitative estimate of drug-likeness (QED) is 0.776. The van der Waals surface area contributed by atoms with Gasteiger partial charge in [-0.3, -0.25) is 0 Å². The van der Waals surface area contributed by atoms with E-state index in [1.54, 1.807) is 0 Å². The predicted molar refractivity (Wildman–Crippen MR) is 72.1 cm³/mol. The summed E-state index contributed by atoms with van der Waals surface area (Å²) in [6.07, 6.45) is 4.11. The molecule has 0 spiro atoms. The van der Waals surface area contributed by atoms with Crippen LogP contribution in [0.4, 0.5) is 0 Å². The van der Waals surface area contributed by atoms with E-state index < -0.39 is 0 Å². The number of hydrogen-bond acceptors (Lipinski definition) is 6. The summed E-state index contributed by atoms with van der Waals surface area (Å²) in [5.41, 5.74) is 0. The van der Waals surface area contributed by atoms with E-state index in [1.165, 1.54) is 0 Å². The largest absolute Gasteiger partial charge is 0.378 e. The van der Waals surface area contributed by atoms with E-state index in [0.29, 0.717) is 25.0 Å². The van der Waals surface area contributed by atoms with Crippen molar-refractivity contribution in [1.29, 1.82) is 0 Å². The Morgan fingerprint density at radius 3 is 2.84 bits per heavy atom. The van der Waals surface area contributed by atoms with E-state index in [-0.39, 0.29) is 0 Å². The van der Waals surface area contributed by atoms with Crippen molar-refractivity contribution in [3.8, 4) is 0 Å². The van der Waals surface area contributed by atoms with Crippen molar-refractivity contribution in [2.75, 3.05) is 40.3 Å². The monoisotopic (exact) mass is 268 g/mol. The number of likely N-dealkylation sites (N-methyl/N-ethyl adjacent to an activating group) is 1. The number of hydrogen-bond donors (Lipinski definition) is 1. The molecule has 1 aromatic heterocycles. The molecule has 0 unspecified atom stereocenters. The molecule has 2 rings (SSSR count). The van der Waals surface area contributed by atoms with Crippen LogP contribution in [0.2, 0.25) is 0 Å². The summed E-state index contributed by atoms with van der Waals surface area (Å²) >= 11 is 0. The normalized spacial score (nSPS) is 17.2. The van der Waals surface area contributed by atoms with E-state index in [2.05, 4.69) is 20.4 Å². The topological polar surface area (TPSA) is 63.4 Å². The average Bonchev–Trinajstić information content (AvgIpc) is 2.86. The third kappa shape index (κ3) is 5.26. The van der Waals surface area contributed by atoms with Crippen LogP contribution in [-0.2, 0) is 17.6 Å². The van der Waals surface area contributed by atoms with Crippen LogP contribution in [0.25, 0.3) is 0 Å². The van der Waals surface area contributed by atoms with Crippen LogP contribution in [-0.4, -0.2) is 61.5 Å². The molecule has 0 bridgehead atoms. The maximum atomic E-state index is 5.82. The van der Waals surface area contributed by atoms with Gasteiger partial charge in [-0.25, -0.2) is 0 Å². The molecule has 1 aliphatic rings. The molecule has 6 heteroatoms. The SMILES string of the molecule is CN(C)CCc1noc(CCOC2CCNCC2)n1. The van der Waals surface area contributed by atoms with Crippen LogP contribution in [0.1, 0.15) is 24.6 Å². The Hall–Kier alpha value is -0.980. The summed E-state index contributed by atoms with van der Waals surface area (Å²) < 4.78 is 11.0. The molecule has 1 aromatic rings. The Kier molecular flexibility index (Phi) is 5.75. The molecule has 0 saturated carbocycles. The van der Waals surface area contributed by atoms with E-state index in [1.807, 2.05) is 14.1 Å². The van der Waals surface area contributed by atoms with Crippen LogP contribution < -0.4 is 5.32 Å². The number of aromatic nitrogens is 2. The second-order valence-corrected chi connectivity index (χ2v) is 5.23. The van der Waals surface area contributed by atoms with Crippen LogP contribution in [0.3, 0.4) is 0 Å². The Morgan fingerprint density at radius 2 is 2.11 bits per heavy atom. The number of ether oxygens (including phenoxy) is 1.